The zero-order valence-electron chi connectivity index (χ0n) is 15.3. The fraction of sp³-hybridized carbons (Fsp3) is 0.238. The van der Waals surface area contributed by atoms with E-state index in [0.717, 1.165) is 11.1 Å². The molecule has 0 saturated carbocycles. The molecule has 1 N–H and O–H groups in total. The lowest BCUT2D eigenvalue weighted by molar-refractivity contribution is -0.150. The zero-order valence-corrected chi connectivity index (χ0v) is 15.3. The number of nitrogens with one attached hydrogen (secondary N) is 1. The van der Waals surface area contributed by atoms with Gasteiger partial charge in [-0.2, -0.15) is 0 Å². The minimum atomic E-state index is -0.637. The van der Waals surface area contributed by atoms with Crippen LogP contribution in [0, 0.1) is 0 Å². The van der Waals surface area contributed by atoms with Gasteiger partial charge in [-0.1, -0.05) is 42.5 Å². The number of allylic oxidation sites excluding steroid dienone is 1. The number of hydrogen-bond acceptors (Lipinski definition) is 5. The lowest BCUT2D eigenvalue weighted by Crippen LogP contribution is -2.29. The number of methoxy groups -OCH3 is 1. The molecule has 0 aliphatic carbocycles. The van der Waals surface area contributed by atoms with Crippen molar-refractivity contribution >= 4 is 11.9 Å². The maximum atomic E-state index is 11.8. The van der Waals surface area contributed by atoms with Gasteiger partial charge < -0.3 is 19.5 Å². The topological polar surface area (TPSA) is 73.9 Å². The summed E-state index contributed by atoms with van der Waals surface area (Å²) >= 11 is 0. The van der Waals surface area contributed by atoms with Gasteiger partial charge in [-0.15, -0.1) is 6.58 Å². The Kier molecular flexibility index (Phi) is 7.91. The van der Waals surface area contributed by atoms with Gasteiger partial charge in [0.15, 0.2) is 24.7 Å². The molecule has 0 fully saturated rings. The first-order chi connectivity index (χ1) is 13.1. The van der Waals surface area contributed by atoms with Crippen LogP contribution >= 0.6 is 0 Å². The summed E-state index contributed by atoms with van der Waals surface area (Å²) in [7, 11) is 1.52. The van der Waals surface area contributed by atoms with E-state index in [-0.39, 0.29) is 19.1 Å². The predicted molar refractivity (Wildman–Crippen MR) is 102 cm³/mol. The van der Waals surface area contributed by atoms with Gasteiger partial charge in [0.25, 0.3) is 5.91 Å². The molecule has 0 atom stereocenters. The number of esters is 1. The van der Waals surface area contributed by atoms with E-state index in [2.05, 4.69) is 11.9 Å². The van der Waals surface area contributed by atoms with E-state index in [1.807, 2.05) is 42.5 Å². The van der Waals surface area contributed by atoms with Crippen LogP contribution < -0.4 is 14.8 Å². The van der Waals surface area contributed by atoms with Crippen molar-refractivity contribution in [2.45, 2.75) is 13.0 Å². The summed E-state index contributed by atoms with van der Waals surface area (Å²) in [6.07, 6.45) is 2.49. The quantitative estimate of drug-likeness (QED) is 0.515. The van der Waals surface area contributed by atoms with Gasteiger partial charge in [-0.3, -0.25) is 4.79 Å². The van der Waals surface area contributed by atoms with Crippen LogP contribution in [-0.2, 0) is 27.3 Å². The Balaban J connectivity index is 1.74. The molecule has 2 aromatic carbocycles. The molecule has 0 saturated heterocycles. The fourth-order valence-corrected chi connectivity index (χ4v) is 2.30. The lowest BCUT2D eigenvalue weighted by atomic mass is 10.1. The Bertz CT molecular complexity index is 773. The van der Waals surface area contributed by atoms with E-state index in [1.165, 1.54) is 7.11 Å². The third-order valence-electron chi connectivity index (χ3n) is 3.65. The Labute approximate surface area is 158 Å². The molecule has 0 heterocycles. The van der Waals surface area contributed by atoms with Gasteiger partial charge in [-0.05, 0) is 29.7 Å². The van der Waals surface area contributed by atoms with Gasteiger partial charge >= 0.3 is 5.97 Å². The van der Waals surface area contributed by atoms with E-state index in [9.17, 15) is 9.59 Å². The number of hydrogen-bond donors (Lipinski definition) is 1. The summed E-state index contributed by atoms with van der Waals surface area (Å²) in [4.78, 5) is 23.5. The van der Waals surface area contributed by atoms with E-state index in [0.29, 0.717) is 24.5 Å². The molecule has 0 unspecified atom stereocenters. The van der Waals surface area contributed by atoms with Gasteiger partial charge in [0.2, 0.25) is 0 Å². The molecule has 0 radical (unpaired) electrons. The lowest BCUT2D eigenvalue weighted by Gasteiger charge is -2.11. The summed E-state index contributed by atoms with van der Waals surface area (Å²) in [5, 5.41) is 2.68. The molecule has 2 aromatic rings. The summed E-state index contributed by atoms with van der Waals surface area (Å²) < 4.78 is 15.6. The second-order valence-electron chi connectivity index (χ2n) is 5.69. The normalized spacial score (nSPS) is 9.96. The van der Waals surface area contributed by atoms with Crippen LogP contribution in [0.4, 0.5) is 0 Å². The van der Waals surface area contributed by atoms with Crippen molar-refractivity contribution in [3.8, 4) is 11.5 Å². The molecule has 6 heteroatoms. The number of ether oxygens (including phenoxy) is 3. The van der Waals surface area contributed by atoms with Crippen molar-refractivity contribution in [1.29, 1.82) is 0 Å². The number of carbonyl (C=O) groups excluding carboxylic acids is 2. The van der Waals surface area contributed by atoms with Crippen LogP contribution in [-0.4, -0.2) is 32.2 Å². The average molecular weight is 369 g/mol. The van der Waals surface area contributed by atoms with E-state index in [1.54, 1.807) is 12.1 Å². The highest BCUT2D eigenvalue weighted by Gasteiger charge is 2.11. The average Bonchev–Trinajstić information content (AvgIpc) is 2.70. The molecular formula is C21H23NO5. The minimum Gasteiger partial charge on any atom is -0.493 e. The Morgan fingerprint density at radius 3 is 2.52 bits per heavy atom. The summed E-state index contributed by atoms with van der Waals surface area (Å²) in [6, 6.07) is 14.9. The van der Waals surface area contributed by atoms with Crippen molar-refractivity contribution in [2.75, 3.05) is 20.3 Å². The number of amides is 1. The third-order valence-corrected chi connectivity index (χ3v) is 3.65. The number of carbonyl (C=O) groups is 2. The van der Waals surface area contributed by atoms with Crippen LogP contribution in [0.5, 0.6) is 11.5 Å². The highest BCUT2D eigenvalue weighted by atomic mass is 16.6. The molecule has 0 bridgehead atoms. The second kappa shape index (κ2) is 10.7. The molecule has 0 aliphatic heterocycles. The molecule has 27 heavy (non-hydrogen) atoms. The number of rotatable bonds is 10. The maximum Gasteiger partial charge on any atom is 0.344 e. The number of benzene rings is 2. The minimum absolute atomic E-state index is 0.316. The van der Waals surface area contributed by atoms with Gasteiger partial charge in [-0.25, -0.2) is 4.79 Å². The first kappa shape index (κ1) is 20.0. The molecule has 0 aromatic heterocycles. The molecular weight excluding hydrogens is 346 g/mol. The molecule has 142 valence electrons. The molecule has 6 nitrogen and oxygen atoms in total. The SMILES string of the molecule is C=CCc1ccc(OCC(=O)OCC(=O)NCc2ccccc2)c(OC)c1. The molecule has 0 aliphatic rings. The first-order valence-corrected chi connectivity index (χ1v) is 8.49. The highest BCUT2D eigenvalue weighted by molar-refractivity contribution is 5.80. The van der Waals surface area contributed by atoms with E-state index in [4.69, 9.17) is 14.2 Å². The van der Waals surface area contributed by atoms with Gasteiger partial charge in [0, 0.05) is 6.54 Å². The molecule has 2 rings (SSSR count). The smallest absolute Gasteiger partial charge is 0.344 e. The predicted octanol–water partition coefficient (Wildman–Crippen LogP) is 2.66. The van der Waals surface area contributed by atoms with Crippen LogP contribution in [0.2, 0.25) is 0 Å². The maximum absolute atomic E-state index is 11.8. The van der Waals surface area contributed by atoms with E-state index < -0.39 is 5.97 Å². The highest BCUT2D eigenvalue weighted by Crippen LogP contribution is 2.28. The van der Waals surface area contributed by atoms with Crippen LogP contribution in [0.25, 0.3) is 0 Å². The summed E-state index contributed by atoms with van der Waals surface area (Å²) in [6.45, 7) is 3.40. The molecule has 1 amide bonds. The fourth-order valence-electron chi connectivity index (χ4n) is 2.30. The molecule has 0 spiro atoms. The zero-order chi connectivity index (χ0) is 19.5. The van der Waals surface area contributed by atoms with Crippen molar-refractivity contribution in [3.05, 3.63) is 72.3 Å². The van der Waals surface area contributed by atoms with E-state index >= 15 is 0 Å². The van der Waals surface area contributed by atoms with Crippen LogP contribution in [0.3, 0.4) is 0 Å². The Morgan fingerprint density at radius 2 is 1.81 bits per heavy atom. The van der Waals surface area contributed by atoms with Crippen LogP contribution in [0.15, 0.2) is 61.2 Å². The van der Waals surface area contributed by atoms with Crippen LogP contribution in [0.1, 0.15) is 11.1 Å². The van der Waals surface area contributed by atoms with Crippen molar-refractivity contribution < 1.29 is 23.8 Å². The van der Waals surface area contributed by atoms with Crippen molar-refractivity contribution in [2.24, 2.45) is 0 Å². The summed E-state index contributed by atoms with van der Waals surface area (Å²) in [5.74, 6) is -0.0702. The monoisotopic (exact) mass is 369 g/mol. The second-order valence-corrected chi connectivity index (χ2v) is 5.69. The summed E-state index contributed by atoms with van der Waals surface area (Å²) in [5.41, 5.74) is 1.99. The third kappa shape index (κ3) is 6.86. The Hall–Kier alpha value is -3.28. The Morgan fingerprint density at radius 1 is 1.04 bits per heavy atom. The van der Waals surface area contributed by atoms with Gasteiger partial charge in [0.05, 0.1) is 7.11 Å². The van der Waals surface area contributed by atoms with Gasteiger partial charge in [0.1, 0.15) is 0 Å². The van der Waals surface area contributed by atoms with Crippen molar-refractivity contribution in [1.82, 2.24) is 5.32 Å². The largest absolute Gasteiger partial charge is 0.493 e. The standard InChI is InChI=1S/C21H23NO5/c1-3-7-16-10-11-18(19(12-16)25-2)26-15-21(24)27-14-20(23)22-13-17-8-5-4-6-9-17/h3-6,8-12H,1,7,13-15H2,2H3,(H,22,23). The van der Waals surface area contributed by atoms with Crippen molar-refractivity contribution in [3.63, 3.8) is 0 Å². The first-order valence-electron chi connectivity index (χ1n) is 8.49.